The number of amides is 2. The highest BCUT2D eigenvalue weighted by molar-refractivity contribution is 7.90. The van der Waals surface area contributed by atoms with Gasteiger partial charge in [0.15, 0.2) is 9.84 Å². The first-order chi connectivity index (χ1) is 24.3. The third-order valence-electron chi connectivity index (χ3n) is 8.69. The third kappa shape index (κ3) is 10.6. The lowest BCUT2D eigenvalue weighted by atomic mass is 9.99. The van der Waals surface area contributed by atoms with Crippen molar-refractivity contribution >= 4 is 27.3 Å². The van der Waals surface area contributed by atoms with Gasteiger partial charge < -0.3 is 26.0 Å². The number of aliphatic hydroxyl groups is 1. The van der Waals surface area contributed by atoms with Gasteiger partial charge in [-0.25, -0.2) is 8.42 Å². The Bertz CT molecular complexity index is 1910. The first-order valence-corrected chi connectivity index (χ1v) is 18.7. The summed E-state index contributed by atoms with van der Waals surface area (Å²) in [6, 6.07) is 27.1. The monoisotopic (exact) mass is 722 g/mol. The van der Waals surface area contributed by atoms with Crippen molar-refractivity contribution in [1.29, 1.82) is 0 Å². The molecule has 1 heterocycles. The Hall–Kier alpha value is -4.72. The van der Waals surface area contributed by atoms with Gasteiger partial charge in [0.05, 0.1) is 23.8 Å². The summed E-state index contributed by atoms with van der Waals surface area (Å²) in [5.74, 6) is -1.33. The molecule has 1 aliphatic rings. The maximum Gasteiger partial charge on any atom is 0.416 e. The van der Waals surface area contributed by atoms with E-state index in [2.05, 4.69) is 16.0 Å². The second-order valence-corrected chi connectivity index (χ2v) is 14.9. The number of nitrogens with one attached hydrogen (secondary N) is 3. The molecule has 270 valence electrons. The van der Waals surface area contributed by atoms with E-state index in [4.69, 9.17) is 0 Å². The molecule has 1 fully saturated rings. The number of halogens is 3. The van der Waals surface area contributed by atoms with Crippen molar-refractivity contribution in [3.05, 3.63) is 137 Å². The number of hydrogen-bond acceptors (Lipinski definition) is 7. The number of benzene rings is 4. The maximum atomic E-state index is 14.0. The lowest BCUT2D eigenvalue weighted by Gasteiger charge is -2.26. The van der Waals surface area contributed by atoms with E-state index in [9.17, 15) is 36.3 Å². The Balaban J connectivity index is 1.37. The first kappa shape index (κ1) is 37.5. The number of nitrogens with zero attached hydrogens (tertiary/aromatic N) is 1. The van der Waals surface area contributed by atoms with Crippen LogP contribution < -0.4 is 16.0 Å². The number of carbonyl (C=O) groups excluding carboxylic acids is 2. The molecule has 1 unspecified atom stereocenters. The van der Waals surface area contributed by atoms with E-state index in [0.717, 1.165) is 42.4 Å². The SMILES string of the molecule is CS(=O)(=O)CNc1cc(C(=O)N[C@H](Cc2ccccc2)[C@H](O)CNCc2cccc(C(F)(F)F)c2)cc(C(=O)N2CCCC2c2ccccc2)c1. The van der Waals surface area contributed by atoms with Crippen molar-refractivity contribution in [3.63, 3.8) is 0 Å². The standard InChI is InChI=1S/C38H41F3N4O5S/c1-51(49,50)25-43-32-21-29(20-30(22-32)37(48)45-17-9-16-34(45)28-13-6-3-7-14-28)36(47)44-33(19-26-10-4-2-5-11-26)35(46)24-42-23-27-12-8-15-31(18-27)38(39,40)41/h2-8,10-15,18,20-22,33-35,42-43,46H,9,16-17,19,23-25H2,1H3,(H,44,47)/t33-,34?,35-/m1/s1. The van der Waals surface area contributed by atoms with Gasteiger partial charge in [0.1, 0.15) is 5.88 Å². The van der Waals surface area contributed by atoms with Gasteiger partial charge in [-0.2, -0.15) is 13.2 Å². The van der Waals surface area contributed by atoms with Gasteiger partial charge in [-0.1, -0.05) is 78.9 Å². The molecule has 4 aromatic rings. The van der Waals surface area contributed by atoms with Crippen LogP contribution in [0.1, 0.15) is 61.9 Å². The van der Waals surface area contributed by atoms with Crippen molar-refractivity contribution in [2.75, 3.05) is 30.5 Å². The Kier molecular flexibility index (Phi) is 12.2. The quantitative estimate of drug-likeness (QED) is 0.134. The second-order valence-electron chi connectivity index (χ2n) is 12.8. The largest absolute Gasteiger partial charge is 0.416 e. The summed E-state index contributed by atoms with van der Waals surface area (Å²) >= 11 is 0. The number of hydrogen-bond donors (Lipinski definition) is 4. The normalized spacial score (nSPS) is 16.0. The van der Waals surface area contributed by atoms with Gasteiger partial charge in [-0.3, -0.25) is 9.59 Å². The minimum absolute atomic E-state index is 0.0486. The average Bonchev–Trinajstić information content (AvgIpc) is 3.60. The molecule has 13 heteroatoms. The predicted octanol–water partition coefficient (Wildman–Crippen LogP) is 5.59. The highest BCUT2D eigenvalue weighted by atomic mass is 32.2. The van der Waals surface area contributed by atoms with Crippen molar-refractivity contribution in [3.8, 4) is 0 Å². The Morgan fingerprint density at radius 1 is 0.902 bits per heavy atom. The van der Waals surface area contributed by atoms with Gasteiger partial charge in [0.25, 0.3) is 11.8 Å². The van der Waals surface area contributed by atoms with Gasteiger partial charge in [-0.15, -0.1) is 0 Å². The molecule has 3 atom stereocenters. The van der Waals surface area contributed by atoms with E-state index in [1.807, 2.05) is 60.7 Å². The highest BCUT2D eigenvalue weighted by Gasteiger charge is 2.32. The van der Waals surface area contributed by atoms with E-state index < -0.39 is 45.5 Å². The van der Waals surface area contributed by atoms with Crippen LogP contribution in [0.5, 0.6) is 0 Å². The van der Waals surface area contributed by atoms with E-state index in [1.54, 1.807) is 11.0 Å². The smallest absolute Gasteiger partial charge is 0.390 e. The molecule has 0 saturated carbocycles. The van der Waals surface area contributed by atoms with Crippen LogP contribution in [0.15, 0.2) is 103 Å². The topological polar surface area (TPSA) is 128 Å². The zero-order valence-electron chi connectivity index (χ0n) is 28.1. The molecule has 5 rings (SSSR count). The van der Waals surface area contributed by atoms with Crippen molar-refractivity contribution in [2.45, 2.75) is 50.2 Å². The lowest BCUT2D eigenvalue weighted by Crippen LogP contribution is -2.48. The van der Waals surface area contributed by atoms with Gasteiger partial charge in [0.2, 0.25) is 0 Å². The molecule has 1 saturated heterocycles. The lowest BCUT2D eigenvalue weighted by molar-refractivity contribution is -0.137. The summed E-state index contributed by atoms with van der Waals surface area (Å²) < 4.78 is 63.6. The molecule has 9 nitrogen and oxygen atoms in total. The Morgan fingerprint density at radius 3 is 2.25 bits per heavy atom. The van der Waals surface area contributed by atoms with E-state index >= 15 is 0 Å². The molecule has 0 spiro atoms. The van der Waals surface area contributed by atoms with Crippen molar-refractivity contribution in [1.82, 2.24) is 15.5 Å². The van der Waals surface area contributed by atoms with Crippen LogP contribution in [0.3, 0.4) is 0 Å². The number of anilines is 1. The number of aliphatic hydroxyl groups excluding tert-OH is 1. The van der Waals surface area contributed by atoms with Crippen LogP contribution in [0.2, 0.25) is 0 Å². The minimum Gasteiger partial charge on any atom is -0.390 e. The number of likely N-dealkylation sites (tertiary alicyclic amines) is 1. The summed E-state index contributed by atoms with van der Waals surface area (Å²) in [6.45, 7) is 0.510. The highest BCUT2D eigenvalue weighted by Crippen LogP contribution is 2.34. The van der Waals surface area contributed by atoms with E-state index in [0.29, 0.717) is 12.1 Å². The molecule has 0 bridgehead atoms. The molecular formula is C38H41F3N4O5S. The van der Waals surface area contributed by atoms with Crippen LogP contribution in [-0.4, -0.2) is 67.6 Å². The van der Waals surface area contributed by atoms with Gasteiger partial charge >= 0.3 is 6.18 Å². The molecule has 51 heavy (non-hydrogen) atoms. The van der Waals surface area contributed by atoms with Crippen LogP contribution in [0.25, 0.3) is 0 Å². The Labute approximate surface area is 295 Å². The fourth-order valence-electron chi connectivity index (χ4n) is 6.16. The molecular weight excluding hydrogens is 682 g/mol. The fourth-order valence-corrected chi connectivity index (χ4v) is 6.59. The van der Waals surface area contributed by atoms with Gasteiger partial charge in [0, 0.05) is 42.7 Å². The number of rotatable bonds is 14. The number of alkyl halides is 3. The first-order valence-electron chi connectivity index (χ1n) is 16.6. The molecule has 0 aliphatic carbocycles. The zero-order chi connectivity index (χ0) is 36.6. The van der Waals surface area contributed by atoms with Crippen molar-refractivity contribution in [2.24, 2.45) is 0 Å². The molecule has 4 N–H and O–H groups in total. The van der Waals surface area contributed by atoms with Crippen LogP contribution in [-0.2, 0) is 29.0 Å². The molecule has 2 amide bonds. The molecule has 1 aliphatic heterocycles. The Morgan fingerprint density at radius 2 is 1.57 bits per heavy atom. The van der Waals surface area contributed by atoms with Crippen LogP contribution in [0.4, 0.5) is 18.9 Å². The van der Waals surface area contributed by atoms with Crippen LogP contribution >= 0.6 is 0 Å². The summed E-state index contributed by atoms with van der Waals surface area (Å²) in [5.41, 5.74) is 1.95. The van der Waals surface area contributed by atoms with E-state index in [-0.39, 0.29) is 48.3 Å². The number of carbonyl (C=O) groups is 2. The zero-order valence-corrected chi connectivity index (χ0v) is 28.9. The van der Waals surface area contributed by atoms with Gasteiger partial charge in [-0.05, 0) is 60.2 Å². The number of sulfone groups is 1. The maximum absolute atomic E-state index is 14.0. The second kappa shape index (κ2) is 16.5. The van der Waals surface area contributed by atoms with E-state index in [1.165, 1.54) is 24.3 Å². The predicted molar refractivity (Wildman–Crippen MR) is 190 cm³/mol. The summed E-state index contributed by atoms with van der Waals surface area (Å²) in [7, 11) is -3.46. The molecule has 0 radical (unpaired) electrons. The minimum atomic E-state index is -4.49. The average molecular weight is 723 g/mol. The molecule has 4 aromatic carbocycles. The van der Waals surface area contributed by atoms with Crippen LogP contribution in [0, 0.1) is 0 Å². The summed E-state index contributed by atoms with van der Waals surface area (Å²) in [6.07, 6.45) is -2.79. The molecule has 0 aromatic heterocycles. The summed E-state index contributed by atoms with van der Waals surface area (Å²) in [4.78, 5) is 29.6. The summed E-state index contributed by atoms with van der Waals surface area (Å²) in [5, 5.41) is 20.0. The third-order valence-corrected chi connectivity index (χ3v) is 9.36. The van der Waals surface area contributed by atoms with Crippen molar-refractivity contribution < 1.29 is 36.3 Å². The fraction of sp³-hybridized carbons (Fsp3) is 0.316.